The summed E-state index contributed by atoms with van der Waals surface area (Å²) < 4.78 is 22.7. The van der Waals surface area contributed by atoms with Crippen molar-refractivity contribution in [3.05, 3.63) is 48.6 Å². The average molecular weight is 1110 g/mol. The van der Waals surface area contributed by atoms with Gasteiger partial charge in [-0.15, -0.1) is 0 Å². The van der Waals surface area contributed by atoms with E-state index in [1.165, 1.54) is 167 Å². The van der Waals surface area contributed by atoms with Gasteiger partial charge >= 0.3 is 0 Å². The Labute approximate surface area is 473 Å². The van der Waals surface area contributed by atoms with E-state index in [0.717, 1.165) is 64.2 Å². The number of hydrogen-bond donors (Lipinski definition) is 9. The molecule has 78 heavy (non-hydrogen) atoms. The molecule has 456 valence electrons. The molecule has 2 saturated heterocycles. The number of carbonyl (C=O) groups excluding carboxylic acids is 1. The number of amides is 1. The standard InChI is InChI=1S/C64H117NO13/c1-3-5-7-9-11-12-13-14-15-16-17-18-19-20-21-22-23-24-25-26-27-28-29-30-31-32-33-34-35-36-37-38-39-40-42-44-46-48-56(69)65-52(53(68)47-45-43-41-10-8-6-4-2)51-75-63-61(74)59(72)62(55(50-67)77-63)78-64-60(73)58(71)57(70)54(49-66)76-64/h13-14,16-17,19-20,45,47,52-55,57-64,66-68,70-74H,3-12,15,18,21-44,46,48-51H2,1-2H3,(H,65,69)/b14-13-,17-16-,20-19-,47-45+. The Morgan fingerprint density at radius 2 is 0.846 bits per heavy atom. The van der Waals surface area contributed by atoms with Crippen LogP contribution in [0.25, 0.3) is 0 Å². The van der Waals surface area contributed by atoms with Gasteiger partial charge < -0.3 is 65.1 Å². The maximum absolute atomic E-state index is 13.2. The second kappa shape index (κ2) is 49.5. The Morgan fingerprint density at radius 1 is 0.462 bits per heavy atom. The zero-order valence-corrected chi connectivity index (χ0v) is 49.2. The first-order valence-corrected chi connectivity index (χ1v) is 31.9. The van der Waals surface area contributed by atoms with E-state index in [2.05, 4.69) is 55.6 Å². The predicted molar refractivity (Wildman–Crippen MR) is 314 cm³/mol. The van der Waals surface area contributed by atoms with Crippen molar-refractivity contribution in [2.45, 2.75) is 331 Å². The van der Waals surface area contributed by atoms with Crippen LogP contribution in [0.15, 0.2) is 48.6 Å². The van der Waals surface area contributed by atoms with E-state index >= 15 is 0 Å². The quantitative estimate of drug-likeness (QED) is 0.0204. The molecule has 0 radical (unpaired) electrons. The Hall–Kier alpha value is -2.05. The molecule has 1 amide bonds. The van der Waals surface area contributed by atoms with Crippen molar-refractivity contribution < 1.29 is 64.6 Å². The molecule has 2 heterocycles. The van der Waals surface area contributed by atoms with E-state index in [4.69, 9.17) is 18.9 Å². The summed E-state index contributed by atoms with van der Waals surface area (Å²) in [5, 5.41) is 86.7. The molecule has 2 aliphatic rings. The molecule has 12 atom stereocenters. The second-order valence-corrected chi connectivity index (χ2v) is 22.5. The molecule has 0 spiro atoms. The average Bonchev–Trinajstić information content (AvgIpc) is 3.47. The minimum absolute atomic E-state index is 0.241. The van der Waals surface area contributed by atoms with Crippen LogP contribution in [0, 0.1) is 0 Å². The number of aliphatic hydroxyl groups excluding tert-OH is 8. The van der Waals surface area contributed by atoms with Crippen LogP contribution >= 0.6 is 0 Å². The zero-order chi connectivity index (χ0) is 56.7. The maximum atomic E-state index is 13.2. The molecule has 14 heteroatoms. The van der Waals surface area contributed by atoms with Crippen molar-refractivity contribution in [2.75, 3.05) is 19.8 Å². The van der Waals surface area contributed by atoms with Crippen LogP contribution in [-0.4, -0.2) is 140 Å². The van der Waals surface area contributed by atoms with E-state index in [1.807, 2.05) is 6.08 Å². The Bertz CT molecular complexity index is 1490. The van der Waals surface area contributed by atoms with Gasteiger partial charge in [-0.2, -0.15) is 0 Å². The highest BCUT2D eigenvalue weighted by molar-refractivity contribution is 5.76. The molecule has 2 aliphatic heterocycles. The smallest absolute Gasteiger partial charge is 0.220 e. The predicted octanol–water partition coefficient (Wildman–Crippen LogP) is 11.6. The van der Waals surface area contributed by atoms with E-state index < -0.39 is 86.8 Å². The minimum Gasteiger partial charge on any atom is -0.394 e. The van der Waals surface area contributed by atoms with Crippen molar-refractivity contribution in [1.82, 2.24) is 5.32 Å². The van der Waals surface area contributed by atoms with Gasteiger partial charge in [-0.05, 0) is 57.8 Å². The lowest BCUT2D eigenvalue weighted by Crippen LogP contribution is -2.65. The molecular formula is C64H117NO13. The molecule has 0 aromatic heterocycles. The van der Waals surface area contributed by atoms with Crippen LogP contribution in [0.2, 0.25) is 0 Å². The van der Waals surface area contributed by atoms with Crippen LogP contribution in [0.4, 0.5) is 0 Å². The lowest BCUT2D eigenvalue weighted by atomic mass is 9.97. The summed E-state index contributed by atoms with van der Waals surface area (Å²) in [5.41, 5.74) is 0. The molecule has 0 saturated carbocycles. The minimum atomic E-state index is -1.79. The van der Waals surface area contributed by atoms with Gasteiger partial charge in [0, 0.05) is 6.42 Å². The van der Waals surface area contributed by atoms with Crippen molar-refractivity contribution in [2.24, 2.45) is 0 Å². The van der Waals surface area contributed by atoms with Gasteiger partial charge in [-0.3, -0.25) is 4.79 Å². The first-order chi connectivity index (χ1) is 38.1. The molecule has 2 fully saturated rings. The van der Waals surface area contributed by atoms with Gasteiger partial charge in [0.05, 0.1) is 32.0 Å². The summed E-state index contributed by atoms with van der Waals surface area (Å²) in [4.78, 5) is 13.2. The maximum Gasteiger partial charge on any atom is 0.220 e. The molecule has 2 rings (SSSR count). The Balaban J connectivity index is 1.52. The molecule has 0 aromatic rings. The third-order valence-corrected chi connectivity index (χ3v) is 15.5. The Morgan fingerprint density at radius 3 is 1.29 bits per heavy atom. The van der Waals surface area contributed by atoms with Crippen LogP contribution in [-0.2, 0) is 23.7 Å². The highest BCUT2D eigenvalue weighted by Gasteiger charge is 2.51. The molecule has 0 bridgehead atoms. The summed E-state index contributed by atoms with van der Waals surface area (Å²) in [6, 6.07) is -0.910. The normalized spacial score (nSPS) is 24.8. The molecular weight excluding hydrogens is 991 g/mol. The van der Waals surface area contributed by atoms with Crippen molar-refractivity contribution in [3.8, 4) is 0 Å². The van der Waals surface area contributed by atoms with Crippen LogP contribution in [0.3, 0.4) is 0 Å². The summed E-state index contributed by atoms with van der Waals surface area (Å²) in [6.45, 7) is 2.72. The monoisotopic (exact) mass is 1110 g/mol. The summed E-state index contributed by atoms with van der Waals surface area (Å²) >= 11 is 0. The SMILES string of the molecule is CCCCCCC/C=C\C/C=C\C/C=C\CCCCCCCCCCCCCCCCCCCCCCCCC(=O)NC(COC1OC(CO)C(OC2OC(CO)C(O)C(O)C2O)C(O)C1O)C(O)/C=C/CCCCCCC. The van der Waals surface area contributed by atoms with Gasteiger partial charge in [0.25, 0.3) is 0 Å². The van der Waals surface area contributed by atoms with Crippen LogP contribution in [0.1, 0.15) is 258 Å². The lowest BCUT2D eigenvalue weighted by Gasteiger charge is -2.46. The van der Waals surface area contributed by atoms with E-state index in [9.17, 15) is 45.6 Å². The Kier molecular flexibility index (Phi) is 45.8. The van der Waals surface area contributed by atoms with E-state index in [-0.39, 0.29) is 18.9 Å². The van der Waals surface area contributed by atoms with Crippen LogP contribution in [0.5, 0.6) is 0 Å². The first kappa shape index (κ1) is 72.1. The molecule has 0 aromatic carbocycles. The number of carbonyl (C=O) groups is 1. The fraction of sp³-hybridized carbons (Fsp3) is 0.859. The first-order valence-electron chi connectivity index (χ1n) is 31.9. The zero-order valence-electron chi connectivity index (χ0n) is 49.2. The molecule has 0 aliphatic carbocycles. The van der Waals surface area contributed by atoms with Gasteiger partial charge in [0.2, 0.25) is 5.91 Å². The van der Waals surface area contributed by atoms with Crippen molar-refractivity contribution in [3.63, 3.8) is 0 Å². The molecule has 14 nitrogen and oxygen atoms in total. The van der Waals surface area contributed by atoms with Gasteiger partial charge in [-0.1, -0.05) is 242 Å². The van der Waals surface area contributed by atoms with Gasteiger partial charge in [0.1, 0.15) is 48.8 Å². The summed E-state index contributed by atoms with van der Waals surface area (Å²) in [5.74, 6) is -0.241. The fourth-order valence-corrected chi connectivity index (χ4v) is 10.4. The van der Waals surface area contributed by atoms with Crippen molar-refractivity contribution >= 4 is 5.91 Å². The van der Waals surface area contributed by atoms with E-state index in [0.29, 0.717) is 6.42 Å². The third kappa shape index (κ3) is 34.4. The third-order valence-electron chi connectivity index (χ3n) is 15.5. The number of rotatable bonds is 51. The van der Waals surface area contributed by atoms with E-state index in [1.54, 1.807) is 6.08 Å². The second-order valence-electron chi connectivity index (χ2n) is 22.5. The fourth-order valence-electron chi connectivity index (χ4n) is 10.4. The highest BCUT2D eigenvalue weighted by atomic mass is 16.7. The number of unbranched alkanes of at least 4 members (excludes halogenated alkanes) is 32. The number of hydrogen-bond acceptors (Lipinski definition) is 13. The number of ether oxygens (including phenoxy) is 4. The largest absolute Gasteiger partial charge is 0.394 e. The topological polar surface area (TPSA) is 228 Å². The lowest BCUT2D eigenvalue weighted by molar-refractivity contribution is -0.359. The highest BCUT2D eigenvalue weighted by Crippen LogP contribution is 2.30. The van der Waals surface area contributed by atoms with Gasteiger partial charge in [0.15, 0.2) is 12.6 Å². The number of allylic oxidation sites excluding steroid dienone is 7. The van der Waals surface area contributed by atoms with Crippen molar-refractivity contribution in [1.29, 1.82) is 0 Å². The van der Waals surface area contributed by atoms with Gasteiger partial charge in [-0.25, -0.2) is 0 Å². The number of nitrogens with one attached hydrogen (secondary N) is 1. The van der Waals surface area contributed by atoms with Crippen LogP contribution < -0.4 is 5.32 Å². The molecule has 9 N–H and O–H groups in total. The summed E-state index contributed by atoms with van der Waals surface area (Å²) in [6.07, 6.45) is 46.6. The summed E-state index contributed by atoms with van der Waals surface area (Å²) in [7, 11) is 0. The molecule has 12 unspecified atom stereocenters. The number of aliphatic hydroxyl groups is 8.